The second kappa shape index (κ2) is 39.4. The summed E-state index contributed by atoms with van der Waals surface area (Å²) in [6.45, 7) is 5.18. The number of hydrogen-bond donors (Lipinski definition) is 2. The van der Waals surface area contributed by atoms with Crippen LogP contribution in [-0.4, -0.2) is 163 Å². The number of nitrogens with two attached hydrogens (primary N) is 1. The number of nitro benzene ring substituents is 2. The van der Waals surface area contributed by atoms with E-state index >= 15 is 0 Å². The Kier molecular flexibility index (Phi) is 29.6. The minimum absolute atomic E-state index is 0.0145. The van der Waals surface area contributed by atoms with Crippen molar-refractivity contribution in [3.8, 4) is 34.5 Å². The van der Waals surface area contributed by atoms with Crippen molar-refractivity contribution in [2.45, 2.75) is 88.6 Å². The van der Waals surface area contributed by atoms with Crippen LogP contribution in [0.5, 0.6) is 34.5 Å². The predicted octanol–water partition coefficient (Wildman–Crippen LogP) is 13.0. The molecular formula is C79H73N9Na2O19S4. The number of carbonyl (C=O) groups excluding carboxylic acids is 5. The zero-order chi connectivity index (χ0) is 81.2. The van der Waals surface area contributed by atoms with E-state index in [0.717, 1.165) is 56.6 Å². The molecule has 113 heavy (non-hydrogen) atoms. The summed E-state index contributed by atoms with van der Waals surface area (Å²) in [4.78, 5) is 101. The number of carbonyl (C=O) groups is 5. The normalized spacial score (nSPS) is 14.8. The molecule has 9 aromatic rings. The number of nitro groups is 2. The van der Waals surface area contributed by atoms with Crippen LogP contribution in [-0.2, 0) is 67.2 Å². The van der Waals surface area contributed by atoms with Gasteiger partial charge in [-0.25, -0.2) is 0 Å². The van der Waals surface area contributed by atoms with Crippen LogP contribution in [0.1, 0.15) is 91.1 Å². The number of methoxy groups -OCH3 is 3. The van der Waals surface area contributed by atoms with E-state index in [1.807, 2.05) is 146 Å². The van der Waals surface area contributed by atoms with Crippen molar-refractivity contribution >= 4 is 177 Å². The summed E-state index contributed by atoms with van der Waals surface area (Å²) < 4.78 is 70.5. The fraction of sp³-hybridized carbons (Fsp3) is 0.228. The van der Waals surface area contributed by atoms with E-state index in [4.69, 9.17) is 56.0 Å². The molecule has 34 heteroatoms. The maximum atomic E-state index is 13.9. The van der Waals surface area contributed by atoms with E-state index in [1.54, 1.807) is 69.9 Å². The summed E-state index contributed by atoms with van der Waals surface area (Å²) in [6.07, 6.45) is 8.93. The van der Waals surface area contributed by atoms with Gasteiger partial charge in [-0.2, -0.15) is 16.8 Å². The number of nitrogens with one attached hydrogen (secondary N) is 1. The third-order valence-electron chi connectivity index (χ3n) is 18.2. The molecule has 0 spiro atoms. The van der Waals surface area contributed by atoms with Crippen LogP contribution in [0.2, 0.25) is 0 Å². The number of nitrogen functional groups attached to an aromatic ring is 1. The predicted molar refractivity (Wildman–Crippen MR) is 436 cm³/mol. The molecule has 14 rings (SSSR count). The first-order valence-electron chi connectivity index (χ1n) is 35.2. The topological polar surface area (TPSA) is 368 Å². The molecule has 0 radical (unpaired) electrons. The van der Waals surface area contributed by atoms with E-state index in [-0.39, 0.29) is 76.0 Å². The maximum absolute atomic E-state index is 13.9. The molecule has 3 N–H and O–H groups in total. The van der Waals surface area contributed by atoms with Gasteiger partial charge in [0.1, 0.15) is 31.7 Å². The molecular weight excluding hydrogens is 1550 g/mol. The first-order chi connectivity index (χ1) is 54.4. The number of aldehydes is 1. The summed E-state index contributed by atoms with van der Waals surface area (Å²) in [6, 6.07) is 52.2. The van der Waals surface area contributed by atoms with Gasteiger partial charge in [0, 0.05) is 84.6 Å². The number of hydrogen-bond acceptors (Lipinski definition) is 24. The number of amides is 4. The quantitative estimate of drug-likeness (QED) is 0.0159. The third kappa shape index (κ3) is 20.9. The molecule has 0 aliphatic carbocycles. The van der Waals surface area contributed by atoms with Crippen LogP contribution in [0.15, 0.2) is 192 Å². The molecule has 9 aromatic carbocycles. The number of ether oxygens (including phenoxy) is 6. The molecule has 3 atom stereocenters. The molecule has 0 saturated heterocycles. The van der Waals surface area contributed by atoms with E-state index in [2.05, 4.69) is 24.2 Å². The summed E-state index contributed by atoms with van der Waals surface area (Å²) in [5.74, 6) is 1.01. The number of non-ortho nitro benzene ring substituents is 1. The second-order valence-electron chi connectivity index (χ2n) is 25.9. The summed E-state index contributed by atoms with van der Waals surface area (Å²) in [7, 11) is 2.04. The summed E-state index contributed by atoms with van der Waals surface area (Å²) in [5.41, 5.74) is 15.5. The van der Waals surface area contributed by atoms with Crippen molar-refractivity contribution in [3.63, 3.8) is 0 Å². The van der Waals surface area contributed by atoms with Crippen LogP contribution >= 0.6 is 21.6 Å². The van der Waals surface area contributed by atoms with Gasteiger partial charge >= 0.3 is 62.1 Å². The summed E-state index contributed by atoms with van der Waals surface area (Å²) in [5, 5.41) is 26.1. The number of nitrogens with zero attached hydrogens (tertiary/aromatic N) is 7. The Hall–Kier alpha value is -10.4. The third-order valence-corrected chi connectivity index (χ3v) is 21.8. The van der Waals surface area contributed by atoms with Gasteiger partial charge in [0.15, 0.2) is 34.5 Å². The van der Waals surface area contributed by atoms with Gasteiger partial charge in [-0.05, 0) is 96.3 Å². The number of fused-ring (bicyclic) bond motifs is 9. The van der Waals surface area contributed by atoms with Gasteiger partial charge in [-0.15, -0.1) is 0 Å². The molecule has 0 aromatic heterocycles. The average Bonchev–Trinajstić information content (AvgIpc) is 1.68. The second-order valence-corrected chi connectivity index (χ2v) is 31.5. The zero-order valence-corrected chi connectivity index (χ0v) is 69.8. The molecule has 574 valence electrons. The SMILES string of the molecule is COc1cc(C(=O)N2c3cc([N+](=O)[O-])ccc3CC2C=O)c([N+](=O)[O-])cc1OCc1ccccc1.COc1cc2c(cc1OCc1ccccc1)N=C[C@@H]1Cc3ccc(N)cc3N1C2=O.COc1cc2c(cc1OCc1ccccc1)N=C[C@@H]1Cc3ccc(NC(=O)CCC(C)(C)SSC)cc3N1C2=O.O=S(=O)=S(=O)=O.[Na][Na]. The standard InChI is InChI=1S/C31H33N3O4S2.C24H19N3O8.C24H21N3O3.2Na.O4S2/c1-31(2,40-39-4)13-12-29(35)33-22-11-10-21-14-23-18-32-25-17-28(38-19-20-8-6-5-7-9-20)27(37-3)16-24(25)30(36)34(23)26(21)15-22;1-34-22-11-19(21(27(32)33)12-23(22)35-14-15-5-3-2-4-6-15)24(29)25-18(13-28)9-16-7-8-17(26(30)31)10-20(16)25;1-29-22-11-19-20(12-23(22)30-14-15-5-3-2-4-6-15)26-13-18-9-16-7-8-17(25)10-21(16)27(18)24(19)28;;;1-5(2)6(3)4/h5-11,15-18,23H,12-14,19H2,1-4H3,(H,33,35);2-8,10-13,18H,9,14H2,1H3;2-8,10-13,18H,9,14,25H2,1H3;;;/t23-;;18-;;;/m0.0.../s1. The Morgan fingerprint density at radius 2 is 1.04 bits per heavy atom. The van der Waals surface area contributed by atoms with Crippen molar-refractivity contribution in [1.29, 1.82) is 0 Å². The molecule has 28 nitrogen and oxygen atoms in total. The molecule has 5 heterocycles. The van der Waals surface area contributed by atoms with E-state index in [9.17, 15) is 44.2 Å². The monoisotopic (exact) mass is 1630 g/mol. The van der Waals surface area contributed by atoms with Gasteiger partial charge in [0.2, 0.25) is 5.91 Å². The Balaban J connectivity index is 0.000000172. The molecule has 0 bridgehead atoms. The van der Waals surface area contributed by atoms with Crippen molar-refractivity contribution < 1.29 is 79.1 Å². The number of benzene rings is 9. The van der Waals surface area contributed by atoms with Gasteiger partial charge in [-0.3, -0.25) is 64.1 Å². The van der Waals surface area contributed by atoms with Gasteiger partial charge in [-0.1, -0.05) is 131 Å². The molecule has 1 unspecified atom stereocenters. The van der Waals surface area contributed by atoms with E-state index in [0.29, 0.717) is 101 Å². The molecule has 5 aliphatic rings. The fourth-order valence-electron chi connectivity index (χ4n) is 12.9. The van der Waals surface area contributed by atoms with Gasteiger partial charge < -0.3 is 44.3 Å². The molecule has 4 amide bonds. The number of rotatable bonds is 22. The van der Waals surface area contributed by atoms with E-state index in [1.165, 1.54) is 75.0 Å². The van der Waals surface area contributed by atoms with Crippen LogP contribution in [0.4, 0.5) is 51.2 Å². The van der Waals surface area contributed by atoms with Gasteiger partial charge in [0.05, 0.1) is 94.9 Å². The Bertz CT molecular complexity index is 5400. The van der Waals surface area contributed by atoms with Crippen molar-refractivity contribution in [1.82, 2.24) is 0 Å². The first kappa shape index (κ1) is 85.0. The van der Waals surface area contributed by atoms with Gasteiger partial charge in [0.25, 0.3) is 29.1 Å². The Morgan fingerprint density at radius 3 is 1.50 bits per heavy atom. The average molecular weight is 1630 g/mol. The van der Waals surface area contributed by atoms with Crippen molar-refractivity contribution in [2.75, 3.05) is 53.3 Å². The van der Waals surface area contributed by atoms with E-state index < -0.39 is 46.0 Å². The zero-order valence-electron chi connectivity index (χ0n) is 62.5. The van der Waals surface area contributed by atoms with Crippen LogP contribution < -0.4 is 54.2 Å². The number of aliphatic imine (C=N–C) groups is 2. The van der Waals surface area contributed by atoms with Crippen molar-refractivity contribution in [3.05, 3.63) is 252 Å². The molecule has 0 saturated carbocycles. The Morgan fingerprint density at radius 1 is 0.593 bits per heavy atom. The minimum atomic E-state index is -2.95. The fourth-order valence-corrected chi connectivity index (χ4v) is 15.1. The first-order valence-corrected chi connectivity index (χ1v) is 48.5. The molecule has 5 aliphatic heterocycles. The van der Waals surface area contributed by atoms with Crippen LogP contribution in [0.3, 0.4) is 0 Å². The number of anilines is 5. The molecule has 0 fully saturated rings. The van der Waals surface area contributed by atoms with Crippen LogP contribution in [0.25, 0.3) is 0 Å². The van der Waals surface area contributed by atoms with Crippen molar-refractivity contribution in [2.24, 2.45) is 9.98 Å². The summed E-state index contributed by atoms with van der Waals surface area (Å²) >= 11 is 2.89. The van der Waals surface area contributed by atoms with Crippen LogP contribution in [0, 0.1) is 20.2 Å². The Labute approximate surface area is 688 Å².